The molecule has 2 heterocycles. The van der Waals surface area contributed by atoms with E-state index in [1.165, 1.54) is 7.11 Å². The van der Waals surface area contributed by atoms with E-state index in [0.29, 0.717) is 24.7 Å². The van der Waals surface area contributed by atoms with Gasteiger partial charge in [-0.2, -0.15) is 15.1 Å². The number of ether oxygens (including phenoxy) is 2. The molecule has 0 saturated heterocycles. The Hall–Kier alpha value is -1.40. The van der Waals surface area contributed by atoms with E-state index >= 15 is 0 Å². The maximum absolute atomic E-state index is 5.77. The summed E-state index contributed by atoms with van der Waals surface area (Å²) in [5.74, 6) is 0.410. The highest BCUT2D eigenvalue weighted by Crippen LogP contribution is 2.25. The fourth-order valence-corrected chi connectivity index (χ4v) is 1.75. The molecule has 2 aromatic heterocycles. The van der Waals surface area contributed by atoms with Gasteiger partial charge < -0.3 is 9.47 Å². The predicted molar refractivity (Wildman–Crippen MR) is 67.8 cm³/mol. The van der Waals surface area contributed by atoms with Crippen molar-refractivity contribution < 1.29 is 9.47 Å². The molecule has 0 saturated carbocycles. The molecule has 6 nitrogen and oxygen atoms in total. The summed E-state index contributed by atoms with van der Waals surface area (Å²) in [6.07, 6.45) is 2.14. The molecule has 2 aromatic rings. The van der Waals surface area contributed by atoms with Crippen molar-refractivity contribution in [2.75, 3.05) is 13.7 Å². The molecule has 0 aliphatic heterocycles. The quantitative estimate of drug-likeness (QED) is 0.644. The molecule has 0 aliphatic carbocycles. The molecule has 0 spiro atoms. The number of H-pyrrole nitrogens is 1. The second-order valence-corrected chi connectivity index (χ2v) is 4.15. The fraction of sp³-hybridized carbons (Fsp3) is 0.545. The Morgan fingerprint density at radius 1 is 1.33 bits per heavy atom. The van der Waals surface area contributed by atoms with Gasteiger partial charge in [0.05, 0.1) is 19.4 Å². The highest BCUT2D eigenvalue weighted by atomic mass is 35.5. The topological polar surface area (TPSA) is 72.9 Å². The van der Waals surface area contributed by atoms with Gasteiger partial charge in [-0.05, 0) is 18.0 Å². The van der Waals surface area contributed by atoms with E-state index < -0.39 is 0 Å². The first-order valence-electron chi connectivity index (χ1n) is 5.78. The minimum atomic E-state index is 0.115. The van der Waals surface area contributed by atoms with Gasteiger partial charge in [0, 0.05) is 6.61 Å². The van der Waals surface area contributed by atoms with Gasteiger partial charge in [0.2, 0.25) is 11.2 Å². The Balaban J connectivity index is 2.23. The molecule has 0 amide bonds. The third-order valence-electron chi connectivity index (χ3n) is 2.51. The fourth-order valence-electron chi connectivity index (χ4n) is 1.60. The number of unbranched alkanes of at least 4 members (excludes halogenated alkanes) is 1. The molecular formula is C11H15ClN4O2. The summed E-state index contributed by atoms with van der Waals surface area (Å²) in [5, 5.41) is 7.78. The van der Waals surface area contributed by atoms with Crippen LogP contribution in [-0.4, -0.2) is 33.9 Å². The van der Waals surface area contributed by atoms with Crippen molar-refractivity contribution in [2.45, 2.75) is 26.4 Å². The minimum absolute atomic E-state index is 0.115. The van der Waals surface area contributed by atoms with Crippen LogP contribution in [0, 0.1) is 0 Å². The molecule has 98 valence electrons. The largest absolute Gasteiger partial charge is 0.480 e. The summed E-state index contributed by atoms with van der Waals surface area (Å²) in [4.78, 5) is 8.04. The summed E-state index contributed by atoms with van der Waals surface area (Å²) in [7, 11) is 1.53. The normalized spacial score (nSPS) is 11.1. The van der Waals surface area contributed by atoms with Crippen molar-refractivity contribution in [2.24, 2.45) is 0 Å². The first-order chi connectivity index (χ1) is 8.76. The van der Waals surface area contributed by atoms with Gasteiger partial charge in [0.15, 0.2) is 5.65 Å². The van der Waals surface area contributed by atoms with E-state index in [1.807, 2.05) is 0 Å². The molecule has 0 unspecified atom stereocenters. The lowest BCUT2D eigenvalue weighted by Gasteiger charge is -2.04. The van der Waals surface area contributed by atoms with E-state index in [0.717, 1.165) is 23.9 Å². The standard InChI is InChI=1S/C11H15ClN4O2/c1-3-4-5-18-6-7-8-9(16-15-7)13-11(12)14-10(8)17-2/h3-6H2,1-2H3,(H,13,14,15,16). The lowest BCUT2D eigenvalue weighted by molar-refractivity contribution is 0.116. The van der Waals surface area contributed by atoms with Crippen LogP contribution in [0.4, 0.5) is 0 Å². The van der Waals surface area contributed by atoms with Gasteiger partial charge in [-0.15, -0.1) is 0 Å². The molecule has 0 aliphatic rings. The lowest BCUT2D eigenvalue weighted by Crippen LogP contribution is -1.98. The van der Waals surface area contributed by atoms with E-state index in [9.17, 15) is 0 Å². The number of nitrogens with zero attached hydrogens (tertiary/aromatic N) is 3. The number of hydrogen-bond acceptors (Lipinski definition) is 5. The second kappa shape index (κ2) is 5.97. The van der Waals surface area contributed by atoms with Crippen LogP contribution in [0.3, 0.4) is 0 Å². The zero-order valence-corrected chi connectivity index (χ0v) is 11.1. The van der Waals surface area contributed by atoms with Gasteiger partial charge in [0.25, 0.3) is 0 Å². The highest BCUT2D eigenvalue weighted by molar-refractivity contribution is 6.28. The Kier molecular flexibility index (Phi) is 4.33. The smallest absolute Gasteiger partial charge is 0.229 e. The summed E-state index contributed by atoms with van der Waals surface area (Å²) >= 11 is 5.77. The Bertz CT molecular complexity index is 529. The van der Waals surface area contributed by atoms with Crippen LogP contribution < -0.4 is 4.74 Å². The van der Waals surface area contributed by atoms with Crippen molar-refractivity contribution in [1.82, 2.24) is 20.2 Å². The Morgan fingerprint density at radius 2 is 2.17 bits per heavy atom. The molecule has 18 heavy (non-hydrogen) atoms. The maximum atomic E-state index is 5.77. The minimum Gasteiger partial charge on any atom is -0.480 e. The van der Waals surface area contributed by atoms with Gasteiger partial charge >= 0.3 is 0 Å². The number of aromatic nitrogens is 4. The van der Waals surface area contributed by atoms with Crippen LogP contribution in [-0.2, 0) is 11.3 Å². The monoisotopic (exact) mass is 270 g/mol. The van der Waals surface area contributed by atoms with E-state index in [2.05, 4.69) is 27.1 Å². The zero-order chi connectivity index (χ0) is 13.0. The third-order valence-corrected chi connectivity index (χ3v) is 2.68. The van der Waals surface area contributed by atoms with Gasteiger partial charge in [0.1, 0.15) is 5.39 Å². The Labute approximate surface area is 110 Å². The molecule has 0 atom stereocenters. The summed E-state index contributed by atoms with van der Waals surface area (Å²) < 4.78 is 10.7. The molecule has 1 N–H and O–H groups in total. The first-order valence-corrected chi connectivity index (χ1v) is 6.16. The maximum Gasteiger partial charge on any atom is 0.229 e. The molecule has 2 rings (SSSR count). The van der Waals surface area contributed by atoms with E-state index in [1.54, 1.807) is 0 Å². The predicted octanol–water partition coefficient (Wildman–Crippen LogP) is 2.33. The van der Waals surface area contributed by atoms with Crippen LogP contribution >= 0.6 is 11.6 Å². The molecular weight excluding hydrogens is 256 g/mol. The van der Waals surface area contributed by atoms with Crippen molar-refractivity contribution in [3.8, 4) is 5.88 Å². The van der Waals surface area contributed by atoms with Crippen LogP contribution in [0.15, 0.2) is 0 Å². The zero-order valence-electron chi connectivity index (χ0n) is 10.4. The van der Waals surface area contributed by atoms with Crippen molar-refractivity contribution in [1.29, 1.82) is 0 Å². The Morgan fingerprint density at radius 3 is 2.89 bits per heavy atom. The van der Waals surface area contributed by atoms with Crippen LogP contribution in [0.5, 0.6) is 5.88 Å². The highest BCUT2D eigenvalue weighted by Gasteiger charge is 2.15. The summed E-state index contributed by atoms with van der Waals surface area (Å²) in [5.41, 5.74) is 1.29. The summed E-state index contributed by atoms with van der Waals surface area (Å²) in [6, 6.07) is 0. The van der Waals surface area contributed by atoms with Crippen LogP contribution in [0.1, 0.15) is 25.5 Å². The average Bonchev–Trinajstić information content (AvgIpc) is 2.76. The van der Waals surface area contributed by atoms with Gasteiger partial charge in [-0.1, -0.05) is 13.3 Å². The second-order valence-electron chi connectivity index (χ2n) is 3.81. The van der Waals surface area contributed by atoms with Crippen molar-refractivity contribution >= 4 is 22.6 Å². The lowest BCUT2D eigenvalue weighted by atomic mass is 10.3. The van der Waals surface area contributed by atoms with Gasteiger partial charge in [-0.3, -0.25) is 5.10 Å². The third kappa shape index (κ3) is 2.70. The number of rotatable bonds is 6. The number of nitrogens with one attached hydrogen (secondary N) is 1. The molecule has 0 radical (unpaired) electrons. The number of fused-ring (bicyclic) bond motifs is 1. The number of halogens is 1. The van der Waals surface area contributed by atoms with E-state index in [-0.39, 0.29) is 5.28 Å². The SMILES string of the molecule is CCCCOCc1[nH]nc2nc(Cl)nc(OC)c12. The van der Waals surface area contributed by atoms with E-state index in [4.69, 9.17) is 21.1 Å². The number of aromatic amines is 1. The molecule has 0 bridgehead atoms. The first kappa shape index (κ1) is 13.0. The average molecular weight is 271 g/mol. The van der Waals surface area contributed by atoms with Crippen LogP contribution in [0.2, 0.25) is 5.28 Å². The summed E-state index contributed by atoms with van der Waals surface area (Å²) in [6.45, 7) is 3.26. The molecule has 0 aromatic carbocycles. The number of hydrogen-bond donors (Lipinski definition) is 1. The van der Waals surface area contributed by atoms with Crippen molar-refractivity contribution in [3.05, 3.63) is 11.0 Å². The van der Waals surface area contributed by atoms with Crippen LogP contribution in [0.25, 0.3) is 11.0 Å². The number of methoxy groups -OCH3 is 1. The molecule has 7 heteroatoms. The van der Waals surface area contributed by atoms with Crippen molar-refractivity contribution in [3.63, 3.8) is 0 Å². The van der Waals surface area contributed by atoms with Gasteiger partial charge in [-0.25, -0.2) is 0 Å². The molecule has 0 fully saturated rings.